The van der Waals surface area contributed by atoms with Gasteiger partial charge in [-0.15, -0.1) is 0 Å². The van der Waals surface area contributed by atoms with Crippen molar-refractivity contribution in [2.75, 3.05) is 0 Å². The zero-order chi connectivity index (χ0) is 25.6. The minimum Gasteiger partial charge on any atom is -0.489 e. The first-order valence-electron chi connectivity index (χ1n) is 10.6. The van der Waals surface area contributed by atoms with E-state index in [-0.39, 0.29) is 38.9 Å². The van der Waals surface area contributed by atoms with Gasteiger partial charge in [0.25, 0.3) is 0 Å². The predicted molar refractivity (Wildman–Crippen MR) is 136 cm³/mol. The molecule has 0 unspecified atom stereocenters. The largest absolute Gasteiger partial charge is 0.489 e. The fourth-order valence-electron chi connectivity index (χ4n) is 4.01. The summed E-state index contributed by atoms with van der Waals surface area (Å²) in [5, 5.41) is 1.99. The minimum absolute atomic E-state index is 0.0166. The van der Waals surface area contributed by atoms with Crippen LogP contribution < -0.4 is 10.2 Å². The van der Waals surface area contributed by atoms with E-state index in [0.717, 1.165) is 0 Å². The van der Waals surface area contributed by atoms with Crippen LogP contribution in [-0.4, -0.2) is 0 Å². The first-order valence-corrected chi connectivity index (χ1v) is 11.7. The molecule has 0 saturated carbocycles. The molecule has 0 fully saturated rings. The molecule has 0 aliphatic carbocycles. The summed E-state index contributed by atoms with van der Waals surface area (Å²) in [6.45, 7) is -0.103. The molecule has 0 radical (unpaired) electrons. The topological polar surface area (TPSA) is 39.4 Å². The molecule has 4 aromatic carbocycles. The van der Waals surface area contributed by atoms with Crippen LogP contribution in [0.15, 0.2) is 82.0 Å². The van der Waals surface area contributed by atoms with Gasteiger partial charge >= 0.3 is 6.18 Å². The highest BCUT2D eigenvalue weighted by Crippen LogP contribution is 2.40. The standard InChI is InChI=1S/C27H14Cl3F3O3/c28-20-10-11-21(29)24(30)19(20)13-35-15-8-9-18-22(12-15)36-26(27(31,32)33)23(25(18)34)17-7-3-5-14-4-1-2-6-16(14)17/h1-12H,13H2. The Hall–Kier alpha value is -3.19. The number of rotatable bonds is 4. The fourth-order valence-corrected chi connectivity index (χ4v) is 4.66. The summed E-state index contributed by atoms with van der Waals surface area (Å²) in [6.07, 6.45) is -4.92. The van der Waals surface area contributed by atoms with Gasteiger partial charge in [-0.2, -0.15) is 13.2 Å². The molecule has 36 heavy (non-hydrogen) atoms. The summed E-state index contributed by atoms with van der Waals surface area (Å²) < 4.78 is 53.4. The molecule has 3 nitrogen and oxygen atoms in total. The zero-order valence-electron chi connectivity index (χ0n) is 18.1. The second kappa shape index (κ2) is 9.36. The van der Waals surface area contributed by atoms with Crippen LogP contribution in [0.4, 0.5) is 13.2 Å². The van der Waals surface area contributed by atoms with E-state index in [1.807, 2.05) is 0 Å². The van der Waals surface area contributed by atoms with Crippen LogP contribution in [0.3, 0.4) is 0 Å². The summed E-state index contributed by atoms with van der Waals surface area (Å²) in [4.78, 5) is 13.4. The third kappa shape index (κ3) is 4.41. The molecule has 5 aromatic rings. The smallest absolute Gasteiger partial charge is 0.450 e. The summed E-state index contributed by atoms with van der Waals surface area (Å²) in [5.74, 6) is -1.22. The Morgan fingerprint density at radius 3 is 2.33 bits per heavy atom. The molecule has 0 N–H and O–H groups in total. The van der Waals surface area contributed by atoms with Crippen molar-refractivity contribution in [3.63, 3.8) is 0 Å². The molecule has 5 rings (SSSR count). The second-order valence-electron chi connectivity index (χ2n) is 7.93. The van der Waals surface area contributed by atoms with Gasteiger partial charge < -0.3 is 9.15 Å². The maximum atomic E-state index is 14.1. The Balaban J connectivity index is 1.64. The van der Waals surface area contributed by atoms with Gasteiger partial charge in [0, 0.05) is 16.7 Å². The maximum absolute atomic E-state index is 14.1. The van der Waals surface area contributed by atoms with Crippen molar-refractivity contribution in [2.45, 2.75) is 12.8 Å². The van der Waals surface area contributed by atoms with Crippen LogP contribution >= 0.6 is 34.8 Å². The van der Waals surface area contributed by atoms with Gasteiger partial charge in [-0.3, -0.25) is 4.79 Å². The van der Waals surface area contributed by atoms with Crippen LogP contribution in [0, 0.1) is 0 Å². The van der Waals surface area contributed by atoms with E-state index in [1.165, 1.54) is 30.3 Å². The van der Waals surface area contributed by atoms with Crippen LogP contribution in [0.2, 0.25) is 15.1 Å². The zero-order valence-corrected chi connectivity index (χ0v) is 20.4. The number of benzene rings is 4. The van der Waals surface area contributed by atoms with Crippen LogP contribution in [0.1, 0.15) is 11.3 Å². The van der Waals surface area contributed by atoms with E-state index in [9.17, 15) is 18.0 Å². The summed E-state index contributed by atoms with van der Waals surface area (Å²) in [6, 6.07) is 18.9. The van der Waals surface area contributed by atoms with Crippen molar-refractivity contribution in [1.29, 1.82) is 0 Å². The first kappa shape index (κ1) is 24.5. The molecular weight excluding hydrogens is 536 g/mol. The van der Waals surface area contributed by atoms with E-state index in [0.29, 0.717) is 21.4 Å². The lowest BCUT2D eigenvalue weighted by atomic mass is 9.96. The van der Waals surface area contributed by atoms with Crippen molar-refractivity contribution in [3.05, 3.63) is 109 Å². The first-order chi connectivity index (χ1) is 17.1. The average Bonchev–Trinajstić information content (AvgIpc) is 2.85. The second-order valence-corrected chi connectivity index (χ2v) is 9.12. The minimum atomic E-state index is -4.92. The Bertz CT molecular complexity index is 1690. The van der Waals surface area contributed by atoms with E-state index < -0.39 is 22.9 Å². The third-order valence-electron chi connectivity index (χ3n) is 5.70. The van der Waals surface area contributed by atoms with Crippen molar-refractivity contribution >= 4 is 56.5 Å². The van der Waals surface area contributed by atoms with Crippen molar-refractivity contribution < 1.29 is 22.3 Å². The number of hydrogen-bond donors (Lipinski definition) is 0. The Morgan fingerprint density at radius 2 is 1.56 bits per heavy atom. The fraction of sp³-hybridized carbons (Fsp3) is 0.0741. The van der Waals surface area contributed by atoms with Gasteiger partial charge in [0.15, 0.2) is 0 Å². The Kier molecular flexibility index (Phi) is 6.37. The molecule has 0 aliphatic heterocycles. The van der Waals surface area contributed by atoms with Gasteiger partial charge in [0.2, 0.25) is 11.2 Å². The molecule has 1 heterocycles. The Morgan fingerprint density at radius 1 is 0.833 bits per heavy atom. The maximum Gasteiger partial charge on any atom is 0.450 e. The van der Waals surface area contributed by atoms with Crippen LogP contribution in [-0.2, 0) is 12.8 Å². The number of alkyl halides is 3. The molecule has 0 aliphatic rings. The molecule has 182 valence electrons. The number of halogens is 6. The SMILES string of the molecule is O=c1c(-c2cccc3ccccc23)c(C(F)(F)F)oc2cc(OCc3c(Cl)ccc(Cl)c3Cl)ccc12. The van der Waals surface area contributed by atoms with E-state index in [4.69, 9.17) is 44.0 Å². The number of fused-ring (bicyclic) bond motifs is 2. The quantitative estimate of drug-likeness (QED) is 0.210. The van der Waals surface area contributed by atoms with E-state index in [2.05, 4.69) is 0 Å². The number of ether oxygens (including phenoxy) is 1. The van der Waals surface area contributed by atoms with E-state index in [1.54, 1.807) is 42.5 Å². The van der Waals surface area contributed by atoms with Crippen molar-refractivity contribution in [3.8, 4) is 16.9 Å². The van der Waals surface area contributed by atoms with Crippen molar-refractivity contribution in [2.24, 2.45) is 0 Å². The van der Waals surface area contributed by atoms with Gasteiger partial charge in [-0.1, -0.05) is 77.3 Å². The highest BCUT2D eigenvalue weighted by Gasteiger charge is 2.39. The summed E-state index contributed by atoms with van der Waals surface area (Å²) in [5.41, 5.74) is -1.06. The molecule has 0 spiro atoms. The van der Waals surface area contributed by atoms with Gasteiger partial charge in [0.05, 0.1) is 21.0 Å². The number of hydrogen-bond acceptors (Lipinski definition) is 3. The lowest BCUT2D eigenvalue weighted by molar-refractivity contribution is -0.152. The molecule has 0 saturated heterocycles. The molecule has 0 atom stereocenters. The average molecular weight is 550 g/mol. The van der Waals surface area contributed by atoms with Crippen LogP contribution in [0.5, 0.6) is 5.75 Å². The molecular formula is C27H14Cl3F3O3. The lowest BCUT2D eigenvalue weighted by Crippen LogP contribution is -2.16. The predicted octanol–water partition coefficient (Wildman–Crippen LogP) is 9.17. The van der Waals surface area contributed by atoms with Gasteiger partial charge in [-0.25, -0.2) is 0 Å². The van der Waals surface area contributed by atoms with Gasteiger partial charge in [0.1, 0.15) is 17.9 Å². The summed E-state index contributed by atoms with van der Waals surface area (Å²) in [7, 11) is 0. The molecule has 9 heteroatoms. The highest BCUT2D eigenvalue weighted by atomic mass is 35.5. The van der Waals surface area contributed by atoms with Crippen LogP contribution in [0.25, 0.3) is 32.9 Å². The van der Waals surface area contributed by atoms with Crippen molar-refractivity contribution in [1.82, 2.24) is 0 Å². The normalized spacial score (nSPS) is 11.8. The molecule has 1 aromatic heterocycles. The highest BCUT2D eigenvalue weighted by molar-refractivity contribution is 6.44. The Labute approximate surface area is 217 Å². The van der Waals surface area contributed by atoms with E-state index >= 15 is 0 Å². The summed E-state index contributed by atoms with van der Waals surface area (Å²) >= 11 is 18.4. The molecule has 0 bridgehead atoms. The van der Waals surface area contributed by atoms with Gasteiger partial charge in [-0.05, 0) is 40.6 Å². The lowest BCUT2D eigenvalue weighted by Gasteiger charge is -2.15. The third-order valence-corrected chi connectivity index (χ3v) is 6.90. The monoisotopic (exact) mass is 548 g/mol. The molecule has 0 amide bonds.